The number of nitrogens with two attached hydrogens (primary N) is 1. The molecule has 0 bridgehead atoms. The molecule has 714 valence electrons. The van der Waals surface area contributed by atoms with E-state index in [1.165, 1.54) is 33.9 Å². The number of aliphatic hydroxyl groups excluding tert-OH is 1. The molecule has 32 heteroatoms. The molecule has 5 aliphatic rings. The third-order valence-corrected chi connectivity index (χ3v) is 32.9. The lowest BCUT2D eigenvalue weighted by Gasteiger charge is -2.33. The van der Waals surface area contributed by atoms with Crippen LogP contribution < -0.4 is 23.0 Å². The van der Waals surface area contributed by atoms with E-state index in [-0.39, 0.29) is 56.9 Å². The molecule has 0 saturated carbocycles. The lowest BCUT2D eigenvalue weighted by Crippen LogP contribution is -2.42. The third kappa shape index (κ3) is 23.5. The molecule has 1 unspecified atom stereocenters. The van der Waals surface area contributed by atoms with Gasteiger partial charge < -0.3 is 34.7 Å². The topological polar surface area (TPSA) is 324 Å². The van der Waals surface area contributed by atoms with Gasteiger partial charge in [-0.05, 0) is 250 Å². The molecular formula is C101H132N14O14S4. The Bertz CT molecular complexity index is 6400. The van der Waals surface area contributed by atoms with E-state index in [1.807, 2.05) is 186 Å². The maximum Gasteiger partial charge on any atom is 0.264 e. The number of nitrogens with zero attached hydrogens (tertiary/aromatic N) is 13. The summed E-state index contributed by atoms with van der Waals surface area (Å²) in [6, 6.07) is 52.0. The first-order valence-electron chi connectivity index (χ1n) is 47.2. The molecule has 8 aromatic carbocycles. The Hall–Kier alpha value is -10.3. The summed E-state index contributed by atoms with van der Waals surface area (Å²) in [5, 5.41) is 31.2. The predicted molar refractivity (Wildman–Crippen MR) is 526 cm³/mol. The van der Waals surface area contributed by atoms with Crippen LogP contribution in [0.3, 0.4) is 0 Å². The van der Waals surface area contributed by atoms with Gasteiger partial charge >= 0.3 is 0 Å². The number of aryl methyl sites for hydroxylation is 4. The highest BCUT2D eigenvalue weighted by Gasteiger charge is 2.36. The van der Waals surface area contributed by atoms with Gasteiger partial charge in [0.15, 0.2) is 5.82 Å². The first kappa shape index (κ1) is 98.7. The van der Waals surface area contributed by atoms with Crippen LogP contribution in [0.2, 0.25) is 0 Å². The second-order valence-electron chi connectivity index (χ2n) is 37.0. The van der Waals surface area contributed by atoms with Crippen molar-refractivity contribution in [3.05, 3.63) is 210 Å². The lowest BCUT2D eigenvalue weighted by atomic mass is 10.0. The number of fused-ring (bicyclic) bond motifs is 4. The fourth-order valence-corrected chi connectivity index (χ4v) is 24.4. The molecular weight excluding hydrogens is 1760 g/mol. The number of benzene rings is 8. The van der Waals surface area contributed by atoms with E-state index in [0.29, 0.717) is 114 Å². The first-order chi connectivity index (χ1) is 63.9. The second-order valence-corrected chi connectivity index (χ2v) is 44.4. The van der Waals surface area contributed by atoms with Crippen molar-refractivity contribution in [3.63, 3.8) is 0 Å². The van der Waals surface area contributed by atoms with E-state index in [9.17, 15) is 43.6 Å². The van der Waals surface area contributed by atoms with Gasteiger partial charge in [0.1, 0.15) is 0 Å². The average Bonchev–Trinajstić information content (AvgIpc) is 1.68. The third-order valence-electron chi connectivity index (χ3n) is 25.8. The Morgan fingerprint density at radius 2 is 0.774 bits per heavy atom. The number of rotatable bonds is 32. The van der Waals surface area contributed by atoms with Gasteiger partial charge in [0.2, 0.25) is 5.91 Å². The summed E-state index contributed by atoms with van der Waals surface area (Å²) < 4.78 is 146. The fourth-order valence-electron chi connectivity index (χ4n) is 17.8. The number of anilines is 5. The van der Waals surface area contributed by atoms with Crippen molar-refractivity contribution in [2.45, 2.75) is 199 Å². The van der Waals surface area contributed by atoms with Gasteiger partial charge in [-0.15, -0.1) is 0 Å². The van der Waals surface area contributed by atoms with E-state index in [2.05, 4.69) is 48.1 Å². The molecule has 5 fully saturated rings. The molecule has 0 aliphatic carbocycles. The molecule has 5 aliphatic heterocycles. The highest BCUT2D eigenvalue weighted by Crippen LogP contribution is 2.38. The fraction of sp³-hybridized carbons (Fsp3) is 0.475. The number of nitrogen functional groups attached to an aromatic ring is 1. The van der Waals surface area contributed by atoms with Gasteiger partial charge in [-0.3, -0.25) is 40.7 Å². The molecule has 17 rings (SSSR count). The molecule has 1 atom stereocenters. The SMILES string of the molecule is CCc1ccc(N(CC(C)C)S(=O)(=O)c2ccc3c(c2)c(CO)nn3CC2CCOCC2)cc1.CCc1ccc(N(CC(C)C)S(=O)(=O)c2ccc3c(c2)c(N)nn3CC2CCOCC2)cc1.CCc1ccc(N(CC(C)C)S(=O)(=O)c2ccc3c(cnn3C3CCN(C(C)=O)C3)c2)cc1.CCc1ccc(N(CC2COC2)S(=O)(=O)c2ccc3c(cnn3CC3CCOCC3)c2)cc1. The Balaban J connectivity index is 0.000000142. The maximum atomic E-state index is 13.8. The highest BCUT2D eigenvalue weighted by molar-refractivity contribution is 7.93. The van der Waals surface area contributed by atoms with E-state index in [0.717, 1.165) is 175 Å². The summed E-state index contributed by atoms with van der Waals surface area (Å²) in [5.74, 6) is 2.60. The number of sulfonamides is 4. The second kappa shape index (κ2) is 44.0. The van der Waals surface area contributed by atoms with Crippen molar-refractivity contribution >= 4 is 118 Å². The number of aromatic nitrogens is 8. The Labute approximate surface area is 784 Å². The van der Waals surface area contributed by atoms with Crippen LogP contribution in [0.1, 0.15) is 155 Å². The molecule has 9 heterocycles. The van der Waals surface area contributed by atoms with Gasteiger partial charge in [-0.25, -0.2) is 33.7 Å². The van der Waals surface area contributed by atoms with E-state index >= 15 is 0 Å². The van der Waals surface area contributed by atoms with Crippen molar-refractivity contribution < 1.29 is 62.5 Å². The minimum absolute atomic E-state index is 0.0690. The van der Waals surface area contributed by atoms with E-state index < -0.39 is 40.1 Å². The predicted octanol–water partition coefficient (Wildman–Crippen LogP) is 16.9. The average molecular weight is 1890 g/mol. The van der Waals surface area contributed by atoms with Crippen LogP contribution in [0.25, 0.3) is 43.6 Å². The monoisotopic (exact) mass is 1890 g/mol. The molecule has 3 N–H and O–H groups in total. The minimum atomic E-state index is -3.81. The van der Waals surface area contributed by atoms with Crippen molar-refractivity contribution in [1.29, 1.82) is 0 Å². The van der Waals surface area contributed by atoms with Crippen molar-refractivity contribution in [3.8, 4) is 0 Å². The molecule has 0 spiro atoms. The number of amides is 1. The number of carbonyl (C=O) groups excluding carboxylic acids is 1. The normalized spacial score (nSPS) is 16.3. The Morgan fingerprint density at radius 3 is 1.16 bits per heavy atom. The Morgan fingerprint density at radius 1 is 0.421 bits per heavy atom. The lowest BCUT2D eigenvalue weighted by molar-refractivity contribution is -0.127. The zero-order valence-electron chi connectivity index (χ0n) is 78.7. The summed E-state index contributed by atoms with van der Waals surface area (Å²) in [6.07, 6.45) is 14.0. The first-order valence-corrected chi connectivity index (χ1v) is 53.0. The van der Waals surface area contributed by atoms with Crippen molar-refractivity contribution in [1.82, 2.24) is 44.0 Å². The van der Waals surface area contributed by atoms with E-state index in [1.54, 1.807) is 67.8 Å². The van der Waals surface area contributed by atoms with Crippen LogP contribution >= 0.6 is 0 Å². The van der Waals surface area contributed by atoms with Crippen LogP contribution in [0.4, 0.5) is 28.6 Å². The van der Waals surface area contributed by atoms with Gasteiger partial charge in [0, 0.05) is 133 Å². The number of ether oxygens (including phenoxy) is 4. The van der Waals surface area contributed by atoms with E-state index in [4.69, 9.17) is 24.7 Å². The summed E-state index contributed by atoms with van der Waals surface area (Å²) >= 11 is 0. The minimum Gasteiger partial charge on any atom is -0.390 e. The van der Waals surface area contributed by atoms with Crippen LogP contribution in [-0.4, -0.2) is 181 Å². The maximum absolute atomic E-state index is 13.8. The van der Waals surface area contributed by atoms with Crippen molar-refractivity contribution in [2.24, 2.45) is 41.4 Å². The number of hydrogen-bond donors (Lipinski definition) is 2. The largest absolute Gasteiger partial charge is 0.390 e. The summed E-state index contributed by atoms with van der Waals surface area (Å²) in [4.78, 5) is 14.5. The molecule has 133 heavy (non-hydrogen) atoms. The smallest absolute Gasteiger partial charge is 0.264 e. The number of likely N-dealkylation sites (tertiary alicyclic amines) is 1. The van der Waals surface area contributed by atoms with Gasteiger partial charge in [-0.1, -0.05) is 118 Å². The van der Waals surface area contributed by atoms with Crippen LogP contribution in [0.5, 0.6) is 0 Å². The highest BCUT2D eigenvalue weighted by atomic mass is 32.2. The number of aliphatic hydroxyl groups is 1. The number of carbonyl (C=O) groups is 1. The van der Waals surface area contributed by atoms with Gasteiger partial charge in [-0.2, -0.15) is 20.4 Å². The van der Waals surface area contributed by atoms with Gasteiger partial charge in [0.25, 0.3) is 40.1 Å². The Kier molecular flexibility index (Phi) is 32.7. The molecule has 12 aromatic rings. The zero-order chi connectivity index (χ0) is 94.5. The molecule has 4 aromatic heterocycles. The molecule has 28 nitrogen and oxygen atoms in total. The summed E-state index contributed by atoms with van der Waals surface area (Å²) in [5.41, 5.74) is 17.7. The standard InChI is InChI=1S/C26H35N3O4S.C25H32N4O3S.C25H34N4O3S.C25H31N3O4S/c1-4-20-5-7-22(8-6-20)29(16-19(2)3)34(31,32)23-9-10-26-24(15-23)25(18-30)27-28(26)17-21-11-13-33-14-12-21;1-5-20-6-8-22(9-7-20)28(16-18(2)3)33(31,32)24-10-11-25-21(14-24)15-26-29(25)23-12-13-27(17-23)19(4)30;1-4-19-5-7-21(8-6-19)29(16-18(2)3)33(30,31)22-9-10-24-23(15-22)25(26)27-28(24)17-20-11-13-32-14-12-20;1-2-19-3-5-23(6-4-19)28(16-21-17-32-18-21)33(29,30)24-7-8-25-22(13-24)14-26-27(25)15-20-9-11-31-12-10-20/h5-10,15,19,21,30H,4,11-14,16-18H2,1-3H3;6-11,14-15,18,23H,5,12-13,16-17H2,1-4H3;5-10,15,18,20H,4,11-14,16-17H2,1-3H3,(H2,26,27);3-8,13-14,20-21H,2,9-12,15-18H2,1H3. The number of hydrogen-bond acceptors (Lipinski definition) is 19. The molecule has 0 radical (unpaired) electrons. The summed E-state index contributed by atoms with van der Waals surface area (Å²) in [7, 11) is -15.1. The molecule has 1 amide bonds. The zero-order valence-corrected chi connectivity index (χ0v) is 82.0. The van der Waals surface area contributed by atoms with Crippen LogP contribution in [0, 0.1) is 41.4 Å². The van der Waals surface area contributed by atoms with Gasteiger partial charge in [0.05, 0.1) is 108 Å². The summed E-state index contributed by atoms with van der Waals surface area (Å²) in [6.45, 7) is 32.8. The van der Waals surface area contributed by atoms with Crippen LogP contribution in [-0.2, 0) is 116 Å². The molecule has 5 saturated heterocycles. The van der Waals surface area contributed by atoms with Crippen LogP contribution in [0.15, 0.2) is 202 Å². The quantitative estimate of drug-likeness (QED) is 0.0395. The van der Waals surface area contributed by atoms with Crippen molar-refractivity contribution in [2.75, 3.05) is 115 Å².